The van der Waals surface area contributed by atoms with Crippen molar-refractivity contribution in [2.24, 2.45) is 5.84 Å². The first-order valence-electron chi connectivity index (χ1n) is 7.12. The molecular formula is C14H24BrN3S. The Morgan fingerprint density at radius 2 is 2.00 bits per heavy atom. The van der Waals surface area contributed by atoms with E-state index in [0.29, 0.717) is 0 Å². The van der Waals surface area contributed by atoms with E-state index in [2.05, 4.69) is 50.9 Å². The Kier molecular flexibility index (Phi) is 5.43. The number of nitrogens with zero attached hydrogens (tertiary/aromatic N) is 1. The molecule has 19 heavy (non-hydrogen) atoms. The minimum atomic E-state index is 0.168. The van der Waals surface area contributed by atoms with Crippen molar-refractivity contribution in [1.82, 2.24) is 10.3 Å². The molecule has 1 fully saturated rings. The summed E-state index contributed by atoms with van der Waals surface area (Å²) in [6, 6.07) is 0.204. The summed E-state index contributed by atoms with van der Waals surface area (Å²) < 4.78 is 1.18. The molecule has 2 rings (SSSR count). The highest BCUT2D eigenvalue weighted by Gasteiger charge is 2.45. The molecule has 108 valence electrons. The first-order chi connectivity index (χ1) is 9.19. The largest absolute Gasteiger partial charge is 0.296 e. The van der Waals surface area contributed by atoms with Crippen LogP contribution in [0.4, 0.5) is 0 Å². The molecule has 0 aromatic carbocycles. The molecular weight excluding hydrogens is 322 g/mol. The minimum absolute atomic E-state index is 0.168. The number of nitrogens with two attached hydrogens (primary N) is 1. The molecule has 1 aromatic heterocycles. The van der Waals surface area contributed by atoms with E-state index in [1.165, 1.54) is 35.7 Å². The normalized spacial score (nSPS) is 20.1. The number of hydrogen-bond donors (Lipinski definition) is 2. The summed E-state index contributed by atoms with van der Waals surface area (Å²) in [7, 11) is 0. The van der Waals surface area contributed by atoms with Gasteiger partial charge in [-0.05, 0) is 52.8 Å². The predicted molar refractivity (Wildman–Crippen MR) is 86.2 cm³/mol. The second kappa shape index (κ2) is 6.68. The van der Waals surface area contributed by atoms with Crippen molar-refractivity contribution in [3.8, 4) is 0 Å². The maximum atomic E-state index is 5.95. The number of hydrazine groups is 1. The van der Waals surface area contributed by atoms with Crippen LogP contribution in [0, 0.1) is 0 Å². The van der Waals surface area contributed by atoms with E-state index in [9.17, 15) is 0 Å². The molecule has 1 heterocycles. The molecule has 0 amide bonds. The van der Waals surface area contributed by atoms with E-state index in [1.54, 1.807) is 11.3 Å². The maximum Gasteiger partial charge on any atom is 0.0663 e. The zero-order valence-corrected chi connectivity index (χ0v) is 14.2. The van der Waals surface area contributed by atoms with Gasteiger partial charge < -0.3 is 0 Å². The van der Waals surface area contributed by atoms with Crippen LogP contribution >= 0.6 is 27.3 Å². The first-order valence-corrected chi connectivity index (χ1v) is 8.86. The third kappa shape index (κ3) is 2.76. The van der Waals surface area contributed by atoms with Gasteiger partial charge in [0.05, 0.1) is 6.04 Å². The molecule has 1 aliphatic carbocycles. The van der Waals surface area contributed by atoms with Crippen molar-refractivity contribution in [3.63, 3.8) is 0 Å². The summed E-state index contributed by atoms with van der Waals surface area (Å²) in [5, 5.41) is 4.36. The van der Waals surface area contributed by atoms with Crippen LogP contribution in [0.2, 0.25) is 0 Å². The predicted octanol–water partition coefficient (Wildman–Crippen LogP) is 3.67. The van der Waals surface area contributed by atoms with Crippen molar-refractivity contribution in [2.75, 3.05) is 13.1 Å². The summed E-state index contributed by atoms with van der Waals surface area (Å²) in [5.41, 5.74) is 4.59. The summed E-state index contributed by atoms with van der Waals surface area (Å²) in [6.45, 7) is 6.66. The van der Waals surface area contributed by atoms with E-state index < -0.39 is 0 Å². The van der Waals surface area contributed by atoms with Gasteiger partial charge in [-0.15, -0.1) is 0 Å². The Hall–Kier alpha value is 0.0600. The monoisotopic (exact) mass is 345 g/mol. The van der Waals surface area contributed by atoms with Crippen molar-refractivity contribution in [1.29, 1.82) is 0 Å². The molecule has 1 atom stereocenters. The molecule has 0 saturated heterocycles. The van der Waals surface area contributed by atoms with Crippen LogP contribution in [0.5, 0.6) is 0 Å². The molecule has 3 N–H and O–H groups in total. The van der Waals surface area contributed by atoms with Crippen LogP contribution in [0.25, 0.3) is 0 Å². The third-order valence-electron chi connectivity index (χ3n) is 4.52. The van der Waals surface area contributed by atoms with Gasteiger partial charge >= 0.3 is 0 Å². The zero-order valence-electron chi connectivity index (χ0n) is 11.8. The fourth-order valence-corrected chi connectivity index (χ4v) is 5.21. The Balaban J connectivity index is 2.39. The number of rotatable bonds is 6. The van der Waals surface area contributed by atoms with Gasteiger partial charge in [0.25, 0.3) is 0 Å². The topological polar surface area (TPSA) is 41.3 Å². The second-order valence-electron chi connectivity index (χ2n) is 5.26. The molecule has 0 spiro atoms. The molecule has 0 radical (unpaired) electrons. The maximum absolute atomic E-state index is 5.95. The third-order valence-corrected chi connectivity index (χ3v) is 6.27. The summed E-state index contributed by atoms with van der Waals surface area (Å²) in [4.78, 5) is 2.59. The average Bonchev–Trinajstić information content (AvgIpc) is 3.04. The van der Waals surface area contributed by atoms with Gasteiger partial charge in [0.2, 0.25) is 0 Å². The van der Waals surface area contributed by atoms with Crippen LogP contribution in [0.15, 0.2) is 15.2 Å². The smallest absolute Gasteiger partial charge is 0.0663 e. The SMILES string of the molecule is CCN(CC)C1(C(NN)c2cscc2Br)CCCC1. The Morgan fingerprint density at radius 1 is 1.37 bits per heavy atom. The molecule has 0 bridgehead atoms. The lowest BCUT2D eigenvalue weighted by molar-refractivity contribution is 0.0625. The van der Waals surface area contributed by atoms with E-state index in [0.717, 1.165) is 13.1 Å². The van der Waals surface area contributed by atoms with Crippen LogP contribution in [-0.4, -0.2) is 23.5 Å². The second-order valence-corrected chi connectivity index (χ2v) is 6.86. The van der Waals surface area contributed by atoms with Gasteiger partial charge in [-0.2, -0.15) is 11.3 Å². The van der Waals surface area contributed by atoms with Crippen LogP contribution < -0.4 is 11.3 Å². The summed E-state index contributed by atoms with van der Waals surface area (Å²) in [5.74, 6) is 5.95. The highest BCUT2D eigenvalue weighted by molar-refractivity contribution is 9.10. The number of nitrogens with one attached hydrogen (secondary N) is 1. The number of halogens is 1. The average molecular weight is 346 g/mol. The highest BCUT2D eigenvalue weighted by Crippen LogP contribution is 2.46. The molecule has 0 aliphatic heterocycles. The van der Waals surface area contributed by atoms with Gasteiger partial charge in [-0.25, -0.2) is 0 Å². The van der Waals surface area contributed by atoms with Crippen molar-refractivity contribution in [3.05, 3.63) is 20.8 Å². The number of hydrogen-bond acceptors (Lipinski definition) is 4. The minimum Gasteiger partial charge on any atom is -0.296 e. The lowest BCUT2D eigenvalue weighted by atomic mass is 9.83. The quantitative estimate of drug-likeness (QED) is 0.610. The Morgan fingerprint density at radius 3 is 2.42 bits per heavy atom. The number of thiophene rings is 1. The van der Waals surface area contributed by atoms with Crippen LogP contribution in [-0.2, 0) is 0 Å². The van der Waals surface area contributed by atoms with Gasteiger partial charge in [-0.1, -0.05) is 26.7 Å². The summed E-state index contributed by atoms with van der Waals surface area (Å²) in [6.07, 6.45) is 5.06. The van der Waals surface area contributed by atoms with Gasteiger partial charge in [0.15, 0.2) is 0 Å². The fraction of sp³-hybridized carbons (Fsp3) is 0.714. The lowest BCUT2D eigenvalue weighted by Crippen LogP contribution is -2.56. The molecule has 1 aliphatic rings. The van der Waals surface area contributed by atoms with Crippen LogP contribution in [0.3, 0.4) is 0 Å². The van der Waals surface area contributed by atoms with Crippen molar-refractivity contribution >= 4 is 27.3 Å². The van der Waals surface area contributed by atoms with Crippen molar-refractivity contribution in [2.45, 2.75) is 51.1 Å². The van der Waals surface area contributed by atoms with E-state index in [-0.39, 0.29) is 11.6 Å². The molecule has 1 unspecified atom stereocenters. The molecule has 5 heteroatoms. The molecule has 1 aromatic rings. The first kappa shape index (κ1) is 15.4. The molecule has 1 saturated carbocycles. The van der Waals surface area contributed by atoms with Crippen LogP contribution in [0.1, 0.15) is 51.1 Å². The lowest BCUT2D eigenvalue weighted by Gasteiger charge is -2.46. The highest BCUT2D eigenvalue weighted by atomic mass is 79.9. The Labute approximate surface area is 128 Å². The summed E-state index contributed by atoms with van der Waals surface area (Å²) >= 11 is 5.40. The zero-order chi connectivity index (χ0) is 13.9. The standard InChI is InChI=1S/C14H24BrN3S/c1-3-18(4-2)14(7-5-6-8-14)13(17-16)11-9-19-10-12(11)15/h9-10,13,17H,3-8,16H2,1-2H3. The van der Waals surface area contributed by atoms with Gasteiger partial charge in [0.1, 0.15) is 0 Å². The van der Waals surface area contributed by atoms with Crippen molar-refractivity contribution < 1.29 is 0 Å². The van der Waals surface area contributed by atoms with E-state index in [4.69, 9.17) is 5.84 Å². The Bertz CT molecular complexity index is 397. The van der Waals surface area contributed by atoms with E-state index >= 15 is 0 Å². The number of likely N-dealkylation sites (N-methyl/N-ethyl adjacent to an activating group) is 1. The fourth-order valence-electron chi connectivity index (χ4n) is 3.66. The van der Waals surface area contributed by atoms with E-state index in [1.807, 2.05) is 0 Å². The molecule has 3 nitrogen and oxygen atoms in total. The van der Waals surface area contributed by atoms with Gasteiger partial charge in [0, 0.05) is 15.4 Å². The van der Waals surface area contributed by atoms with Gasteiger partial charge in [-0.3, -0.25) is 16.2 Å².